The summed E-state index contributed by atoms with van der Waals surface area (Å²) in [7, 11) is 0. The lowest BCUT2D eigenvalue weighted by molar-refractivity contribution is 0.461. The molecule has 0 aliphatic carbocycles. The third-order valence-electron chi connectivity index (χ3n) is 3.16. The molecule has 0 bridgehead atoms. The Balaban J connectivity index is 0.00000161. The van der Waals surface area contributed by atoms with Crippen LogP contribution >= 0.6 is 12.4 Å². The van der Waals surface area contributed by atoms with Crippen molar-refractivity contribution >= 4 is 12.4 Å². The highest BCUT2D eigenvalue weighted by molar-refractivity contribution is 5.85. The van der Waals surface area contributed by atoms with E-state index in [4.69, 9.17) is 4.42 Å². The summed E-state index contributed by atoms with van der Waals surface area (Å²) in [5, 5.41) is 3.37. The fourth-order valence-corrected chi connectivity index (χ4v) is 2.11. The molecular weight excluding hydrogens is 286 g/mol. The summed E-state index contributed by atoms with van der Waals surface area (Å²) < 4.78 is 7.51. The van der Waals surface area contributed by atoms with Crippen molar-refractivity contribution in [2.75, 3.05) is 0 Å². The highest BCUT2D eigenvalue weighted by atomic mass is 35.5. The van der Waals surface area contributed by atoms with Crippen molar-refractivity contribution in [3.8, 4) is 5.69 Å². The Morgan fingerprint density at radius 3 is 2.52 bits per heavy atom. The summed E-state index contributed by atoms with van der Waals surface area (Å²) in [5.41, 5.74) is 2.37. The SMILES string of the molecule is Cc1ccc(CNCc2ccc(-n3ccnc3)cc2)o1.Cl. The summed E-state index contributed by atoms with van der Waals surface area (Å²) in [6, 6.07) is 12.4. The zero-order chi connectivity index (χ0) is 13.8. The molecule has 3 aromatic rings. The number of benzene rings is 1. The second kappa shape index (κ2) is 7.11. The summed E-state index contributed by atoms with van der Waals surface area (Å²) in [4.78, 5) is 4.05. The van der Waals surface area contributed by atoms with E-state index < -0.39 is 0 Å². The molecule has 0 fully saturated rings. The van der Waals surface area contributed by atoms with E-state index in [1.165, 1.54) is 5.56 Å². The molecule has 0 unspecified atom stereocenters. The summed E-state index contributed by atoms with van der Waals surface area (Å²) in [5.74, 6) is 1.92. The number of nitrogens with one attached hydrogen (secondary N) is 1. The van der Waals surface area contributed by atoms with E-state index in [1.54, 1.807) is 12.5 Å². The monoisotopic (exact) mass is 303 g/mol. The van der Waals surface area contributed by atoms with Crippen molar-refractivity contribution in [1.82, 2.24) is 14.9 Å². The van der Waals surface area contributed by atoms with Gasteiger partial charge in [-0.2, -0.15) is 0 Å². The summed E-state index contributed by atoms with van der Waals surface area (Å²) >= 11 is 0. The first-order valence-electron chi connectivity index (χ1n) is 6.64. The molecule has 0 atom stereocenters. The third-order valence-corrected chi connectivity index (χ3v) is 3.16. The number of nitrogens with zero attached hydrogens (tertiary/aromatic N) is 2. The van der Waals surface area contributed by atoms with Crippen LogP contribution in [0.3, 0.4) is 0 Å². The van der Waals surface area contributed by atoms with Crippen molar-refractivity contribution in [2.45, 2.75) is 20.0 Å². The first kappa shape index (κ1) is 15.4. The van der Waals surface area contributed by atoms with E-state index in [0.717, 1.165) is 30.3 Å². The van der Waals surface area contributed by atoms with Gasteiger partial charge in [-0.1, -0.05) is 12.1 Å². The Labute approximate surface area is 130 Å². The van der Waals surface area contributed by atoms with E-state index in [1.807, 2.05) is 29.8 Å². The normalized spacial score (nSPS) is 10.3. The number of furan rings is 1. The summed E-state index contributed by atoms with van der Waals surface area (Å²) in [6.07, 6.45) is 5.51. The molecule has 0 spiro atoms. The molecule has 0 saturated heterocycles. The fourth-order valence-electron chi connectivity index (χ4n) is 2.11. The Morgan fingerprint density at radius 2 is 1.90 bits per heavy atom. The second-order valence-electron chi connectivity index (χ2n) is 4.75. The second-order valence-corrected chi connectivity index (χ2v) is 4.75. The topological polar surface area (TPSA) is 43.0 Å². The highest BCUT2D eigenvalue weighted by Gasteiger charge is 1.99. The molecule has 4 nitrogen and oxygen atoms in total. The molecule has 2 heterocycles. The van der Waals surface area contributed by atoms with Crippen LogP contribution in [0.4, 0.5) is 0 Å². The van der Waals surface area contributed by atoms with Crippen molar-refractivity contribution < 1.29 is 4.42 Å². The standard InChI is InChI=1S/C16H17N3O.ClH/c1-13-2-7-16(20-13)11-18-10-14-3-5-15(6-4-14)19-9-8-17-12-19;/h2-9,12,18H,10-11H2,1H3;1H. The van der Waals surface area contributed by atoms with Gasteiger partial charge in [-0.25, -0.2) is 4.98 Å². The van der Waals surface area contributed by atoms with Gasteiger partial charge in [-0.05, 0) is 36.8 Å². The van der Waals surface area contributed by atoms with Gasteiger partial charge < -0.3 is 14.3 Å². The van der Waals surface area contributed by atoms with Crippen LogP contribution in [-0.4, -0.2) is 9.55 Å². The van der Waals surface area contributed by atoms with E-state index >= 15 is 0 Å². The van der Waals surface area contributed by atoms with Gasteiger partial charge in [0.2, 0.25) is 0 Å². The van der Waals surface area contributed by atoms with E-state index in [0.29, 0.717) is 0 Å². The quantitative estimate of drug-likeness (QED) is 0.784. The predicted octanol–water partition coefficient (Wildman–Crippen LogP) is 3.49. The van der Waals surface area contributed by atoms with Gasteiger partial charge >= 0.3 is 0 Å². The van der Waals surface area contributed by atoms with Crippen molar-refractivity contribution in [1.29, 1.82) is 0 Å². The van der Waals surface area contributed by atoms with Crippen LogP contribution < -0.4 is 5.32 Å². The van der Waals surface area contributed by atoms with Gasteiger partial charge in [0, 0.05) is 24.6 Å². The van der Waals surface area contributed by atoms with Crippen LogP contribution in [-0.2, 0) is 13.1 Å². The lowest BCUT2D eigenvalue weighted by Crippen LogP contribution is -2.12. The highest BCUT2D eigenvalue weighted by Crippen LogP contribution is 2.10. The van der Waals surface area contributed by atoms with Gasteiger partial charge in [0.25, 0.3) is 0 Å². The molecule has 110 valence electrons. The van der Waals surface area contributed by atoms with Crippen LogP contribution in [0.1, 0.15) is 17.1 Å². The number of halogens is 1. The molecule has 5 heteroatoms. The zero-order valence-electron chi connectivity index (χ0n) is 11.8. The molecule has 1 N–H and O–H groups in total. The summed E-state index contributed by atoms with van der Waals surface area (Å²) in [6.45, 7) is 3.53. The lowest BCUT2D eigenvalue weighted by atomic mass is 10.2. The maximum atomic E-state index is 5.52. The molecule has 0 radical (unpaired) electrons. The first-order chi connectivity index (χ1) is 9.81. The molecule has 21 heavy (non-hydrogen) atoms. The fraction of sp³-hybridized carbons (Fsp3) is 0.188. The molecular formula is C16H18ClN3O. The predicted molar refractivity (Wildman–Crippen MR) is 84.8 cm³/mol. The average molecular weight is 304 g/mol. The van der Waals surface area contributed by atoms with E-state index in [-0.39, 0.29) is 12.4 Å². The molecule has 0 saturated carbocycles. The van der Waals surface area contributed by atoms with E-state index in [2.05, 4.69) is 34.6 Å². The zero-order valence-corrected chi connectivity index (χ0v) is 12.6. The van der Waals surface area contributed by atoms with Gasteiger partial charge in [-0.15, -0.1) is 12.4 Å². The molecule has 3 rings (SSSR count). The maximum Gasteiger partial charge on any atom is 0.117 e. The average Bonchev–Trinajstić information content (AvgIpc) is 3.11. The molecule has 0 aliphatic rings. The van der Waals surface area contributed by atoms with Crippen molar-refractivity contribution in [2.24, 2.45) is 0 Å². The van der Waals surface area contributed by atoms with Crippen LogP contribution in [0.15, 0.2) is 59.5 Å². The minimum Gasteiger partial charge on any atom is -0.465 e. The molecule has 0 aliphatic heterocycles. The molecule has 1 aromatic carbocycles. The Bertz CT molecular complexity index is 659. The minimum absolute atomic E-state index is 0. The maximum absolute atomic E-state index is 5.52. The smallest absolute Gasteiger partial charge is 0.117 e. The third kappa shape index (κ3) is 3.97. The van der Waals surface area contributed by atoms with Gasteiger partial charge in [-0.3, -0.25) is 0 Å². The van der Waals surface area contributed by atoms with Crippen LogP contribution in [0, 0.1) is 6.92 Å². The Morgan fingerprint density at radius 1 is 1.10 bits per heavy atom. The number of rotatable bonds is 5. The molecule has 2 aromatic heterocycles. The molecule has 0 amide bonds. The van der Waals surface area contributed by atoms with Gasteiger partial charge in [0.15, 0.2) is 0 Å². The van der Waals surface area contributed by atoms with Crippen LogP contribution in [0.5, 0.6) is 0 Å². The van der Waals surface area contributed by atoms with Crippen molar-refractivity contribution in [3.05, 3.63) is 72.2 Å². The van der Waals surface area contributed by atoms with Gasteiger partial charge in [0.1, 0.15) is 11.5 Å². The number of aromatic nitrogens is 2. The largest absolute Gasteiger partial charge is 0.465 e. The minimum atomic E-state index is 0. The van der Waals surface area contributed by atoms with Crippen molar-refractivity contribution in [3.63, 3.8) is 0 Å². The lowest BCUT2D eigenvalue weighted by Gasteiger charge is -2.06. The van der Waals surface area contributed by atoms with Gasteiger partial charge in [0.05, 0.1) is 12.9 Å². The number of hydrogen-bond donors (Lipinski definition) is 1. The number of imidazole rings is 1. The Kier molecular flexibility index (Phi) is 5.20. The van der Waals surface area contributed by atoms with Crippen LogP contribution in [0.2, 0.25) is 0 Å². The van der Waals surface area contributed by atoms with Crippen LogP contribution in [0.25, 0.3) is 5.69 Å². The van der Waals surface area contributed by atoms with E-state index in [9.17, 15) is 0 Å². The Hall–Kier alpha value is -2.04. The first-order valence-corrected chi connectivity index (χ1v) is 6.64. The number of aryl methyl sites for hydroxylation is 1. The number of hydrogen-bond acceptors (Lipinski definition) is 3.